The molecule has 3 nitrogen and oxygen atoms in total. The van der Waals surface area contributed by atoms with Crippen molar-refractivity contribution in [2.75, 3.05) is 0 Å². The van der Waals surface area contributed by atoms with E-state index in [1.165, 1.54) is 24.3 Å². The minimum atomic E-state index is -4.86. The fraction of sp³-hybridized carbons (Fsp3) is 0.0625. The van der Waals surface area contributed by atoms with Crippen molar-refractivity contribution in [3.05, 3.63) is 59.9 Å². The summed E-state index contributed by atoms with van der Waals surface area (Å²) < 4.78 is 54.7. The lowest BCUT2D eigenvalue weighted by atomic mass is 9.98. The zero-order valence-corrected chi connectivity index (χ0v) is 11.5. The summed E-state index contributed by atoms with van der Waals surface area (Å²) >= 11 is 0. The molecule has 2 rings (SSSR count). The van der Waals surface area contributed by atoms with E-state index in [9.17, 15) is 22.4 Å². The second kappa shape index (κ2) is 6.51. The van der Waals surface area contributed by atoms with Crippen LogP contribution >= 0.6 is 0 Å². The summed E-state index contributed by atoms with van der Waals surface area (Å²) in [6.07, 6.45) is -2.88. The summed E-state index contributed by atoms with van der Waals surface area (Å²) in [6.45, 7) is 0. The Labute approximate surface area is 128 Å². The van der Waals surface area contributed by atoms with Crippen molar-refractivity contribution in [3.63, 3.8) is 0 Å². The number of benzene rings is 2. The van der Waals surface area contributed by atoms with E-state index in [-0.39, 0.29) is 16.7 Å². The van der Waals surface area contributed by atoms with E-state index in [2.05, 4.69) is 4.74 Å². The summed E-state index contributed by atoms with van der Waals surface area (Å²) in [6, 6.07) is 8.76. The van der Waals surface area contributed by atoms with Crippen molar-refractivity contribution >= 4 is 12.0 Å². The third-order valence-electron chi connectivity index (χ3n) is 2.81. The van der Waals surface area contributed by atoms with Gasteiger partial charge < -0.3 is 9.84 Å². The highest BCUT2D eigenvalue weighted by Crippen LogP contribution is 2.32. The molecule has 0 atom stereocenters. The maximum atomic E-state index is 14.1. The van der Waals surface area contributed by atoms with Gasteiger partial charge in [-0.25, -0.2) is 9.18 Å². The molecule has 0 aliphatic carbocycles. The fourth-order valence-corrected chi connectivity index (χ4v) is 1.99. The molecule has 0 aliphatic heterocycles. The Morgan fingerprint density at radius 2 is 1.83 bits per heavy atom. The second-order valence-electron chi connectivity index (χ2n) is 4.45. The predicted molar refractivity (Wildman–Crippen MR) is 75.2 cm³/mol. The number of carboxylic acid groups (broad SMARTS) is 1. The maximum Gasteiger partial charge on any atom is 0.573 e. The topological polar surface area (TPSA) is 46.5 Å². The van der Waals surface area contributed by atoms with Crippen molar-refractivity contribution in [1.29, 1.82) is 0 Å². The number of ether oxygens (including phenoxy) is 1. The lowest BCUT2D eigenvalue weighted by molar-refractivity contribution is -0.274. The van der Waals surface area contributed by atoms with Gasteiger partial charge in [-0.2, -0.15) is 0 Å². The third kappa shape index (κ3) is 4.57. The SMILES string of the molecule is O=C(O)/C=C/c1cccc(F)c1-c1cccc(OC(F)(F)F)c1. The Bertz CT molecular complexity index is 751. The van der Waals surface area contributed by atoms with Gasteiger partial charge in [0, 0.05) is 11.6 Å². The van der Waals surface area contributed by atoms with Crippen molar-refractivity contribution in [1.82, 2.24) is 0 Å². The molecule has 0 spiro atoms. The molecule has 0 fully saturated rings. The molecule has 23 heavy (non-hydrogen) atoms. The van der Waals surface area contributed by atoms with E-state index in [4.69, 9.17) is 5.11 Å². The number of carboxylic acids is 1. The van der Waals surface area contributed by atoms with Gasteiger partial charge >= 0.3 is 12.3 Å². The van der Waals surface area contributed by atoms with Crippen molar-refractivity contribution < 1.29 is 32.2 Å². The Kier molecular flexibility index (Phi) is 4.68. The van der Waals surface area contributed by atoms with Gasteiger partial charge in [0.25, 0.3) is 0 Å². The summed E-state index contributed by atoms with van der Waals surface area (Å²) in [7, 11) is 0. The molecule has 2 aromatic rings. The smallest absolute Gasteiger partial charge is 0.478 e. The number of carbonyl (C=O) groups is 1. The van der Waals surface area contributed by atoms with Crippen LogP contribution in [0.1, 0.15) is 5.56 Å². The van der Waals surface area contributed by atoms with E-state index in [1.54, 1.807) is 0 Å². The first-order chi connectivity index (χ1) is 10.8. The van der Waals surface area contributed by atoms with Gasteiger partial charge in [0.05, 0.1) is 0 Å². The molecule has 120 valence electrons. The van der Waals surface area contributed by atoms with Crippen LogP contribution in [0.2, 0.25) is 0 Å². The van der Waals surface area contributed by atoms with Gasteiger partial charge in [-0.15, -0.1) is 13.2 Å². The summed E-state index contributed by atoms with van der Waals surface area (Å²) in [5, 5.41) is 8.65. The molecular weight excluding hydrogens is 316 g/mol. The van der Waals surface area contributed by atoms with Gasteiger partial charge in [0.1, 0.15) is 11.6 Å². The molecule has 2 aromatic carbocycles. The van der Waals surface area contributed by atoms with E-state index < -0.39 is 23.9 Å². The average Bonchev–Trinajstić information content (AvgIpc) is 2.43. The van der Waals surface area contributed by atoms with Crippen LogP contribution in [-0.2, 0) is 4.79 Å². The molecule has 0 saturated heterocycles. The highest BCUT2D eigenvalue weighted by atomic mass is 19.4. The summed E-state index contributed by atoms with van der Waals surface area (Å²) in [5.41, 5.74) is 0.337. The van der Waals surface area contributed by atoms with Crippen LogP contribution in [0.4, 0.5) is 17.6 Å². The van der Waals surface area contributed by atoms with Gasteiger partial charge in [-0.3, -0.25) is 0 Å². The summed E-state index contributed by atoms with van der Waals surface area (Å²) in [5.74, 6) is -2.41. The number of alkyl halides is 3. The second-order valence-corrected chi connectivity index (χ2v) is 4.45. The monoisotopic (exact) mass is 326 g/mol. The molecule has 0 bridgehead atoms. The molecule has 0 aromatic heterocycles. The lowest BCUT2D eigenvalue weighted by Crippen LogP contribution is -2.17. The minimum absolute atomic E-state index is 0.0161. The molecule has 1 N–H and O–H groups in total. The number of hydrogen-bond acceptors (Lipinski definition) is 2. The van der Waals surface area contributed by atoms with E-state index in [1.807, 2.05) is 0 Å². The highest BCUT2D eigenvalue weighted by Gasteiger charge is 2.31. The van der Waals surface area contributed by atoms with Crippen molar-refractivity contribution in [2.45, 2.75) is 6.36 Å². The quantitative estimate of drug-likeness (QED) is 0.665. The Morgan fingerprint density at radius 1 is 1.13 bits per heavy atom. The summed E-state index contributed by atoms with van der Waals surface area (Å²) in [4.78, 5) is 10.6. The van der Waals surface area contributed by atoms with E-state index in [0.29, 0.717) is 0 Å². The van der Waals surface area contributed by atoms with Crippen LogP contribution in [0.25, 0.3) is 17.2 Å². The van der Waals surface area contributed by atoms with Crippen LogP contribution in [-0.4, -0.2) is 17.4 Å². The molecule has 0 amide bonds. The van der Waals surface area contributed by atoms with Crippen LogP contribution in [0.5, 0.6) is 5.75 Å². The normalized spacial score (nSPS) is 11.7. The maximum absolute atomic E-state index is 14.1. The number of hydrogen-bond donors (Lipinski definition) is 1. The highest BCUT2D eigenvalue weighted by molar-refractivity contribution is 5.88. The third-order valence-corrected chi connectivity index (χ3v) is 2.81. The zero-order valence-electron chi connectivity index (χ0n) is 11.5. The Hall–Kier alpha value is -2.83. The number of aliphatic carboxylic acids is 1. The standard InChI is InChI=1S/C16H10F4O3/c17-13-6-2-3-10(7-8-14(21)22)15(13)11-4-1-5-12(9-11)23-16(18,19)20/h1-9H,(H,21,22)/b8-7+. The van der Waals surface area contributed by atoms with Crippen molar-refractivity contribution in [2.24, 2.45) is 0 Å². The number of halogens is 4. The molecule has 0 radical (unpaired) electrons. The van der Waals surface area contributed by atoms with Gasteiger partial charge in [0.15, 0.2) is 0 Å². The average molecular weight is 326 g/mol. The molecule has 0 aliphatic rings. The Morgan fingerprint density at radius 3 is 2.48 bits per heavy atom. The first kappa shape index (κ1) is 16.5. The van der Waals surface area contributed by atoms with E-state index >= 15 is 0 Å². The minimum Gasteiger partial charge on any atom is -0.478 e. The molecular formula is C16H10F4O3. The van der Waals surface area contributed by atoms with Crippen LogP contribution in [0, 0.1) is 5.82 Å². The Balaban J connectivity index is 2.49. The zero-order chi connectivity index (χ0) is 17.0. The largest absolute Gasteiger partial charge is 0.573 e. The van der Waals surface area contributed by atoms with Crippen LogP contribution in [0.15, 0.2) is 48.5 Å². The first-order valence-corrected chi connectivity index (χ1v) is 6.32. The van der Waals surface area contributed by atoms with Crippen LogP contribution < -0.4 is 4.74 Å². The molecule has 0 heterocycles. The van der Waals surface area contributed by atoms with E-state index in [0.717, 1.165) is 30.4 Å². The lowest BCUT2D eigenvalue weighted by Gasteiger charge is -2.12. The first-order valence-electron chi connectivity index (χ1n) is 6.32. The van der Waals surface area contributed by atoms with Crippen molar-refractivity contribution in [3.8, 4) is 16.9 Å². The molecule has 0 saturated carbocycles. The molecule has 0 unspecified atom stereocenters. The predicted octanol–water partition coefficient (Wildman–Crippen LogP) is 4.49. The van der Waals surface area contributed by atoms with Gasteiger partial charge in [-0.05, 0) is 35.4 Å². The van der Waals surface area contributed by atoms with Crippen LogP contribution in [0.3, 0.4) is 0 Å². The number of rotatable bonds is 4. The van der Waals surface area contributed by atoms with Gasteiger partial charge in [0.2, 0.25) is 0 Å². The molecule has 7 heteroatoms. The van der Waals surface area contributed by atoms with Gasteiger partial charge in [-0.1, -0.05) is 24.3 Å². The fourth-order valence-electron chi connectivity index (χ4n) is 1.99.